The number of nitrogens with one attached hydrogen (secondary N) is 2. The third-order valence-corrected chi connectivity index (χ3v) is 4.14. The number of rotatable bonds is 6. The van der Waals surface area contributed by atoms with Crippen LogP contribution in [-0.2, 0) is 11.2 Å². The summed E-state index contributed by atoms with van der Waals surface area (Å²) in [6, 6.07) is 6.26. The predicted molar refractivity (Wildman–Crippen MR) is 89.2 cm³/mol. The molecule has 1 aliphatic heterocycles. The lowest BCUT2D eigenvalue weighted by Gasteiger charge is -2.18. The summed E-state index contributed by atoms with van der Waals surface area (Å²) in [6.45, 7) is 1.94. The van der Waals surface area contributed by atoms with E-state index < -0.39 is 4.92 Å². The Morgan fingerprint density at radius 3 is 2.96 bits per heavy atom. The molecule has 2 heterocycles. The van der Waals surface area contributed by atoms with Crippen LogP contribution >= 0.6 is 0 Å². The summed E-state index contributed by atoms with van der Waals surface area (Å²) in [5.41, 5.74) is 0.529. The Bertz CT molecular complexity index is 791. The predicted octanol–water partition coefficient (Wildman–Crippen LogP) is 2.13. The molecule has 130 valence electrons. The molecule has 2 N–H and O–H groups in total. The summed E-state index contributed by atoms with van der Waals surface area (Å²) in [4.78, 5) is 15.1. The van der Waals surface area contributed by atoms with Gasteiger partial charge in [-0.25, -0.2) is 4.98 Å². The number of nitrogens with zero attached hydrogens (tertiary/aromatic N) is 4. The van der Waals surface area contributed by atoms with Crippen molar-refractivity contribution in [3.05, 3.63) is 45.5 Å². The molecule has 2 aromatic rings. The van der Waals surface area contributed by atoms with Crippen molar-refractivity contribution in [3.8, 4) is 6.07 Å². The fourth-order valence-corrected chi connectivity index (χ4v) is 2.78. The van der Waals surface area contributed by atoms with Gasteiger partial charge in [-0.3, -0.25) is 15.2 Å². The van der Waals surface area contributed by atoms with Crippen LogP contribution in [0.4, 0.5) is 11.4 Å². The van der Waals surface area contributed by atoms with Crippen LogP contribution in [0.1, 0.15) is 36.0 Å². The molecule has 1 aromatic heterocycles. The molecular weight excluding hydrogens is 324 g/mol. The summed E-state index contributed by atoms with van der Waals surface area (Å²) in [6.07, 6.45) is 2.41. The minimum atomic E-state index is -0.499. The fourth-order valence-electron chi connectivity index (χ4n) is 2.78. The number of ether oxygens (including phenoxy) is 1. The summed E-state index contributed by atoms with van der Waals surface area (Å²) in [5.74, 6) is 1.87. The highest BCUT2D eigenvalue weighted by Gasteiger charge is 2.20. The standard InChI is InChI=1S/C16H18N6O3/c17-10-11-1-2-13(14(9-11)22(23)24)18-6-3-15-19-16(21-20-15)12-4-7-25-8-5-12/h1-2,9,12,18H,3-8H2,(H,19,20,21). The van der Waals surface area contributed by atoms with E-state index in [1.807, 2.05) is 6.07 Å². The topological polar surface area (TPSA) is 130 Å². The average molecular weight is 342 g/mol. The smallest absolute Gasteiger partial charge is 0.293 e. The zero-order valence-corrected chi connectivity index (χ0v) is 13.6. The van der Waals surface area contributed by atoms with Gasteiger partial charge in [0, 0.05) is 38.2 Å². The SMILES string of the molecule is N#Cc1ccc(NCCc2nc(C3CCOCC3)n[nH]2)c([N+](=O)[O-])c1. The van der Waals surface area contributed by atoms with Gasteiger partial charge in [0.05, 0.1) is 16.6 Å². The lowest BCUT2D eigenvalue weighted by Crippen LogP contribution is -2.15. The van der Waals surface area contributed by atoms with E-state index in [9.17, 15) is 10.1 Å². The number of aromatic amines is 1. The van der Waals surface area contributed by atoms with Gasteiger partial charge in [-0.2, -0.15) is 10.4 Å². The average Bonchev–Trinajstić information content (AvgIpc) is 3.11. The number of hydrogen-bond acceptors (Lipinski definition) is 7. The van der Waals surface area contributed by atoms with Crippen LogP contribution in [-0.4, -0.2) is 39.9 Å². The van der Waals surface area contributed by atoms with Crippen LogP contribution in [0, 0.1) is 21.4 Å². The Morgan fingerprint density at radius 2 is 2.24 bits per heavy atom. The van der Waals surface area contributed by atoms with Crippen molar-refractivity contribution in [2.45, 2.75) is 25.2 Å². The minimum Gasteiger partial charge on any atom is -0.381 e. The molecule has 1 fully saturated rings. The largest absolute Gasteiger partial charge is 0.381 e. The van der Waals surface area contributed by atoms with Crippen LogP contribution in [0.5, 0.6) is 0 Å². The van der Waals surface area contributed by atoms with Gasteiger partial charge in [-0.1, -0.05) is 0 Å². The maximum absolute atomic E-state index is 11.1. The van der Waals surface area contributed by atoms with E-state index in [1.54, 1.807) is 12.1 Å². The molecule has 9 heteroatoms. The number of hydrogen-bond donors (Lipinski definition) is 2. The first-order valence-corrected chi connectivity index (χ1v) is 8.08. The normalized spacial score (nSPS) is 14.8. The van der Waals surface area contributed by atoms with Gasteiger partial charge in [-0.05, 0) is 25.0 Å². The van der Waals surface area contributed by atoms with E-state index in [0.29, 0.717) is 24.6 Å². The Morgan fingerprint density at radius 1 is 1.44 bits per heavy atom. The molecule has 0 amide bonds. The van der Waals surface area contributed by atoms with Crippen molar-refractivity contribution in [3.63, 3.8) is 0 Å². The number of aromatic nitrogens is 3. The maximum atomic E-state index is 11.1. The lowest BCUT2D eigenvalue weighted by atomic mass is 10.00. The highest BCUT2D eigenvalue weighted by atomic mass is 16.6. The molecule has 0 unspecified atom stereocenters. The van der Waals surface area contributed by atoms with E-state index >= 15 is 0 Å². The highest BCUT2D eigenvalue weighted by Crippen LogP contribution is 2.26. The minimum absolute atomic E-state index is 0.112. The number of anilines is 1. The van der Waals surface area contributed by atoms with Gasteiger partial charge in [-0.15, -0.1) is 0 Å². The molecule has 0 bridgehead atoms. The van der Waals surface area contributed by atoms with Gasteiger partial charge >= 0.3 is 0 Å². The number of benzene rings is 1. The summed E-state index contributed by atoms with van der Waals surface area (Å²) >= 11 is 0. The molecule has 1 saturated heterocycles. The van der Waals surface area contributed by atoms with Gasteiger partial charge in [0.2, 0.25) is 0 Å². The van der Waals surface area contributed by atoms with Gasteiger partial charge in [0.1, 0.15) is 11.5 Å². The van der Waals surface area contributed by atoms with Crippen molar-refractivity contribution < 1.29 is 9.66 Å². The van der Waals surface area contributed by atoms with Crippen LogP contribution in [0.15, 0.2) is 18.2 Å². The molecule has 3 rings (SSSR count). The van der Waals surface area contributed by atoms with Crippen LogP contribution < -0.4 is 5.32 Å². The van der Waals surface area contributed by atoms with Gasteiger partial charge in [0.25, 0.3) is 5.69 Å². The van der Waals surface area contributed by atoms with E-state index in [2.05, 4.69) is 20.5 Å². The second-order valence-corrected chi connectivity index (χ2v) is 5.80. The first kappa shape index (κ1) is 16.9. The quantitative estimate of drug-likeness (QED) is 0.607. The molecular formula is C16H18N6O3. The second-order valence-electron chi connectivity index (χ2n) is 5.80. The van der Waals surface area contributed by atoms with Crippen molar-refractivity contribution in [1.29, 1.82) is 5.26 Å². The van der Waals surface area contributed by atoms with Crippen molar-refractivity contribution in [1.82, 2.24) is 15.2 Å². The van der Waals surface area contributed by atoms with E-state index in [0.717, 1.165) is 37.7 Å². The van der Waals surface area contributed by atoms with Crippen molar-refractivity contribution >= 4 is 11.4 Å². The summed E-state index contributed by atoms with van der Waals surface area (Å²) in [5, 5.41) is 30.2. The molecule has 0 spiro atoms. The molecule has 0 saturated carbocycles. The fraction of sp³-hybridized carbons (Fsp3) is 0.438. The number of nitro groups is 1. The van der Waals surface area contributed by atoms with Crippen molar-refractivity contribution in [2.75, 3.05) is 25.1 Å². The monoisotopic (exact) mass is 342 g/mol. The Hall–Kier alpha value is -2.99. The maximum Gasteiger partial charge on any atom is 0.293 e. The highest BCUT2D eigenvalue weighted by molar-refractivity contribution is 5.64. The molecule has 1 aromatic carbocycles. The van der Waals surface area contributed by atoms with Gasteiger partial charge < -0.3 is 10.1 Å². The number of H-pyrrole nitrogens is 1. The van der Waals surface area contributed by atoms with E-state index in [1.165, 1.54) is 6.07 Å². The summed E-state index contributed by atoms with van der Waals surface area (Å²) < 4.78 is 5.34. The third-order valence-electron chi connectivity index (χ3n) is 4.14. The van der Waals surface area contributed by atoms with Gasteiger partial charge in [0.15, 0.2) is 5.82 Å². The molecule has 0 radical (unpaired) electrons. The third kappa shape index (κ3) is 4.10. The summed E-state index contributed by atoms with van der Waals surface area (Å²) in [7, 11) is 0. The Balaban J connectivity index is 1.59. The molecule has 25 heavy (non-hydrogen) atoms. The lowest BCUT2D eigenvalue weighted by molar-refractivity contribution is -0.384. The Labute approximate surface area is 144 Å². The first-order valence-electron chi connectivity index (χ1n) is 8.08. The number of nitro benzene ring substituents is 1. The zero-order chi connectivity index (χ0) is 17.6. The second kappa shape index (κ2) is 7.72. The van der Waals surface area contributed by atoms with Crippen molar-refractivity contribution in [2.24, 2.45) is 0 Å². The zero-order valence-electron chi connectivity index (χ0n) is 13.6. The molecule has 0 aliphatic carbocycles. The molecule has 1 aliphatic rings. The molecule has 9 nitrogen and oxygen atoms in total. The van der Waals surface area contributed by atoms with Crippen LogP contribution in [0.2, 0.25) is 0 Å². The van der Waals surface area contributed by atoms with Crippen LogP contribution in [0.3, 0.4) is 0 Å². The first-order chi connectivity index (χ1) is 12.2. The van der Waals surface area contributed by atoms with Crippen LogP contribution in [0.25, 0.3) is 0 Å². The van der Waals surface area contributed by atoms with E-state index in [4.69, 9.17) is 10.00 Å². The van der Waals surface area contributed by atoms with E-state index in [-0.39, 0.29) is 11.3 Å². The number of nitriles is 1. The Kier molecular flexibility index (Phi) is 5.20. The molecule has 0 atom stereocenters.